The zero-order valence-corrected chi connectivity index (χ0v) is 18.1. The van der Waals surface area contributed by atoms with E-state index in [0.717, 1.165) is 30.8 Å². The number of benzene rings is 2. The summed E-state index contributed by atoms with van der Waals surface area (Å²) in [4.78, 5) is 6.59. The molecule has 0 radical (unpaired) electrons. The standard InChI is InChI=1S/C25H20F3N5O/c26-25(27,28)19-6-4-17(5-7-19)22-20(13-29)23(32-24(31)21(22)14-30)18-3-1-2-16(12-18)15-33-8-10-34-11-9-33/h1-7,12H,8-11,15H2,(H2,31,32). The molecule has 1 saturated heterocycles. The molecule has 0 saturated carbocycles. The summed E-state index contributed by atoms with van der Waals surface area (Å²) in [6.07, 6.45) is -4.50. The van der Waals surface area contributed by atoms with Crippen molar-refractivity contribution in [1.82, 2.24) is 9.88 Å². The number of nitrogens with zero attached hydrogens (tertiary/aromatic N) is 4. The predicted molar refractivity (Wildman–Crippen MR) is 120 cm³/mol. The molecule has 1 aliphatic heterocycles. The third kappa shape index (κ3) is 4.72. The number of nitriles is 2. The molecule has 0 aliphatic carbocycles. The lowest BCUT2D eigenvalue weighted by molar-refractivity contribution is -0.137. The zero-order chi connectivity index (χ0) is 24.3. The van der Waals surface area contributed by atoms with Crippen molar-refractivity contribution in [1.29, 1.82) is 10.5 Å². The fourth-order valence-corrected chi connectivity index (χ4v) is 3.98. The molecule has 0 unspecified atom stereocenters. The summed E-state index contributed by atoms with van der Waals surface area (Å²) in [5, 5.41) is 19.7. The highest BCUT2D eigenvalue weighted by Crippen LogP contribution is 2.37. The van der Waals surface area contributed by atoms with E-state index in [-0.39, 0.29) is 33.8 Å². The Bertz CT molecular complexity index is 1280. The number of nitrogen functional groups attached to an aromatic ring is 1. The van der Waals surface area contributed by atoms with Crippen LogP contribution in [-0.4, -0.2) is 36.2 Å². The summed E-state index contributed by atoms with van der Waals surface area (Å²) in [7, 11) is 0. The number of hydrogen-bond donors (Lipinski definition) is 1. The van der Waals surface area contributed by atoms with Crippen LogP contribution in [0.3, 0.4) is 0 Å². The van der Waals surface area contributed by atoms with Crippen molar-refractivity contribution in [3.05, 3.63) is 70.8 Å². The van der Waals surface area contributed by atoms with Crippen LogP contribution in [0.2, 0.25) is 0 Å². The Hall–Kier alpha value is -3.92. The highest BCUT2D eigenvalue weighted by atomic mass is 19.4. The van der Waals surface area contributed by atoms with E-state index >= 15 is 0 Å². The third-order valence-corrected chi connectivity index (χ3v) is 5.66. The Morgan fingerprint density at radius 2 is 1.65 bits per heavy atom. The van der Waals surface area contributed by atoms with Gasteiger partial charge in [-0.25, -0.2) is 4.98 Å². The average molecular weight is 463 g/mol. The highest BCUT2D eigenvalue weighted by Gasteiger charge is 2.30. The predicted octanol–water partition coefficient (Wildman–Crippen LogP) is 4.59. The second-order valence-corrected chi connectivity index (χ2v) is 7.86. The lowest BCUT2D eigenvalue weighted by Gasteiger charge is -2.26. The number of aromatic nitrogens is 1. The molecule has 2 aromatic carbocycles. The molecule has 3 aromatic rings. The van der Waals surface area contributed by atoms with Crippen molar-refractivity contribution >= 4 is 5.82 Å². The van der Waals surface area contributed by atoms with Crippen LogP contribution in [0.15, 0.2) is 48.5 Å². The van der Waals surface area contributed by atoms with E-state index in [4.69, 9.17) is 10.5 Å². The van der Waals surface area contributed by atoms with Gasteiger partial charge in [-0.2, -0.15) is 23.7 Å². The molecule has 2 N–H and O–H groups in total. The summed E-state index contributed by atoms with van der Waals surface area (Å²) < 4.78 is 44.5. The summed E-state index contributed by atoms with van der Waals surface area (Å²) in [5.74, 6) is -0.0926. The van der Waals surface area contributed by atoms with Gasteiger partial charge in [-0.3, -0.25) is 4.90 Å². The van der Waals surface area contributed by atoms with Gasteiger partial charge >= 0.3 is 6.18 Å². The molecule has 1 aromatic heterocycles. The minimum absolute atomic E-state index is 0.0514. The topological polar surface area (TPSA) is 99.0 Å². The number of morpholine rings is 1. The number of pyridine rings is 1. The van der Waals surface area contributed by atoms with Crippen LogP contribution >= 0.6 is 0 Å². The van der Waals surface area contributed by atoms with Gasteiger partial charge in [-0.15, -0.1) is 0 Å². The van der Waals surface area contributed by atoms with Crippen molar-refractivity contribution < 1.29 is 17.9 Å². The average Bonchev–Trinajstić information content (AvgIpc) is 2.83. The van der Waals surface area contributed by atoms with Crippen molar-refractivity contribution in [2.75, 3.05) is 32.0 Å². The van der Waals surface area contributed by atoms with Crippen LogP contribution in [0.5, 0.6) is 0 Å². The minimum atomic E-state index is -4.50. The van der Waals surface area contributed by atoms with Gasteiger partial charge in [0.25, 0.3) is 0 Å². The Morgan fingerprint density at radius 1 is 0.971 bits per heavy atom. The molecule has 0 atom stereocenters. The van der Waals surface area contributed by atoms with E-state index in [2.05, 4.69) is 16.0 Å². The molecule has 9 heteroatoms. The van der Waals surface area contributed by atoms with E-state index in [1.807, 2.05) is 24.3 Å². The number of halogens is 3. The van der Waals surface area contributed by atoms with E-state index in [9.17, 15) is 23.7 Å². The number of rotatable bonds is 4. The van der Waals surface area contributed by atoms with Crippen molar-refractivity contribution in [3.8, 4) is 34.5 Å². The first-order valence-corrected chi connectivity index (χ1v) is 10.5. The fourth-order valence-electron chi connectivity index (χ4n) is 3.98. The summed E-state index contributed by atoms with van der Waals surface area (Å²) in [6.45, 7) is 3.66. The molecule has 4 rings (SSSR count). The maximum absolute atomic E-state index is 13.0. The van der Waals surface area contributed by atoms with E-state index in [1.54, 1.807) is 6.07 Å². The molecular formula is C25H20F3N5O. The fraction of sp³-hybridized carbons (Fsp3) is 0.240. The molecule has 0 spiro atoms. The molecule has 0 amide bonds. The molecule has 1 aliphatic rings. The van der Waals surface area contributed by atoms with Gasteiger partial charge in [0.15, 0.2) is 0 Å². The van der Waals surface area contributed by atoms with E-state index in [0.29, 0.717) is 25.3 Å². The van der Waals surface area contributed by atoms with Crippen LogP contribution < -0.4 is 5.73 Å². The normalized spacial score (nSPS) is 14.4. The molecule has 172 valence electrons. The first-order chi connectivity index (χ1) is 16.3. The first-order valence-electron chi connectivity index (χ1n) is 10.5. The molecule has 2 heterocycles. The van der Waals surface area contributed by atoms with Crippen LogP contribution in [0.1, 0.15) is 22.3 Å². The summed E-state index contributed by atoms with van der Waals surface area (Å²) >= 11 is 0. The van der Waals surface area contributed by atoms with Gasteiger partial charge in [0.2, 0.25) is 0 Å². The monoisotopic (exact) mass is 463 g/mol. The Labute approximate surface area is 194 Å². The molecule has 1 fully saturated rings. The van der Waals surface area contributed by atoms with Crippen LogP contribution in [0.25, 0.3) is 22.4 Å². The van der Waals surface area contributed by atoms with Crippen molar-refractivity contribution in [2.45, 2.75) is 12.7 Å². The maximum Gasteiger partial charge on any atom is 0.416 e. The van der Waals surface area contributed by atoms with Gasteiger partial charge < -0.3 is 10.5 Å². The van der Waals surface area contributed by atoms with Gasteiger partial charge in [0, 0.05) is 30.8 Å². The van der Waals surface area contributed by atoms with Crippen LogP contribution in [0, 0.1) is 22.7 Å². The quantitative estimate of drug-likeness (QED) is 0.608. The highest BCUT2D eigenvalue weighted by molar-refractivity contribution is 5.87. The molecule has 0 bridgehead atoms. The largest absolute Gasteiger partial charge is 0.416 e. The van der Waals surface area contributed by atoms with Crippen LogP contribution in [-0.2, 0) is 17.5 Å². The first kappa shape index (κ1) is 23.2. The van der Waals surface area contributed by atoms with Crippen molar-refractivity contribution in [2.24, 2.45) is 0 Å². The zero-order valence-electron chi connectivity index (χ0n) is 18.1. The van der Waals surface area contributed by atoms with Gasteiger partial charge in [-0.1, -0.05) is 30.3 Å². The van der Waals surface area contributed by atoms with E-state index < -0.39 is 11.7 Å². The SMILES string of the molecule is N#Cc1c(N)nc(-c2cccc(CN3CCOCC3)c2)c(C#N)c1-c1ccc(C(F)(F)F)cc1. The lowest BCUT2D eigenvalue weighted by Crippen LogP contribution is -2.35. The second kappa shape index (κ2) is 9.52. The van der Waals surface area contributed by atoms with Gasteiger partial charge in [0.05, 0.1) is 30.0 Å². The molecular weight excluding hydrogens is 443 g/mol. The smallest absolute Gasteiger partial charge is 0.383 e. The number of nitrogens with two attached hydrogens (primary N) is 1. The number of hydrogen-bond acceptors (Lipinski definition) is 6. The van der Waals surface area contributed by atoms with Crippen molar-refractivity contribution in [3.63, 3.8) is 0 Å². The van der Waals surface area contributed by atoms with Crippen LogP contribution in [0.4, 0.5) is 19.0 Å². The Morgan fingerprint density at radius 3 is 2.26 bits per heavy atom. The summed E-state index contributed by atoms with van der Waals surface area (Å²) in [6, 6.07) is 15.8. The Balaban J connectivity index is 1.81. The second-order valence-electron chi connectivity index (χ2n) is 7.86. The number of alkyl halides is 3. The van der Waals surface area contributed by atoms with E-state index in [1.165, 1.54) is 12.1 Å². The molecule has 34 heavy (non-hydrogen) atoms. The van der Waals surface area contributed by atoms with Gasteiger partial charge in [-0.05, 0) is 29.3 Å². The molecule has 6 nitrogen and oxygen atoms in total. The lowest BCUT2D eigenvalue weighted by atomic mass is 9.91. The Kier molecular flexibility index (Phi) is 6.51. The summed E-state index contributed by atoms with van der Waals surface area (Å²) in [5.41, 5.74) is 7.63. The number of anilines is 1. The maximum atomic E-state index is 13.0. The van der Waals surface area contributed by atoms with Gasteiger partial charge in [0.1, 0.15) is 23.5 Å². The third-order valence-electron chi connectivity index (χ3n) is 5.66. The number of ether oxygens (including phenoxy) is 1. The minimum Gasteiger partial charge on any atom is -0.383 e.